The summed E-state index contributed by atoms with van der Waals surface area (Å²) in [4.78, 5) is 9.89. The van der Waals surface area contributed by atoms with Crippen LogP contribution in [0.15, 0.2) is 4.99 Å². The third-order valence-electron chi connectivity index (χ3n) is 6.13. The molecule has 1 saturated heterocycles. The van der Waals surface area contributed by atoms with Crippen LogP contribution in [-0.4, -0.2) is 87.4 Å². The second-order valence-corrected chi connectivity index (χ2v) is 8.39. The molecule has 0 amide bonds. The average molecular weight is 368 g/mol. The summed E-state index contributed by atoms with van der Waals surface area (Å²) in [6.07, 6.45) is 5.16. The number of morpholine rings is 1. The van der Waals surface area contributed by atoms with Gasteiger partial charge in [-0.1, -0.05) is 19.8 Å². The standard InChI is InChI=1S/C20H41N5O/c1-6-21-19(22-15-18(3)25-10-12-26-13-11-25)23-16-20(24(4)5)9-7-8-17(2)14-20/h17-18H,6-16H2,1-5H3,(H2,21,22,23). The summed E-state index contributed by atoms with van der Waals surface area (Å²) in [6, 6.07) is 0.486. The van der Waals surface area contributed by atoms with Crippen LogP contribution in [0, 0.1) is 5.92 Å². The SMILES string of the molecule is CCNC(=NCC1(N(C)C)CCCC(C)C1)NCC(C)N1CCOCC1. The highest BCUT2D eigenvalue weighted by molar-refractivity contribution is 5.79. The summed E-state index contributed by atoms with van der Waals surface area (Å²) in [5.74, 6) is 1.74. The van der Waals surface area contributed by atoms with Gasteiger partial charge in [0.2, 0.25) is 0 Å². The molecule has 3 atom stereocenters. The Morgan fingerprint density at radius 1 is 1.31 bits per heavy atom. The lowest BCUT2D eigenvalue weighted by Gasteiger charge is -2.44. The molecular formula is C20H41N5O. The molecule has 1 aliphatic heterocycles. The number of likely N-dealkylation sites (N-methyl/N-ethyl adjacent to an activating group) is 1. The number of nitrogens with one attached hydrogen (secondary N) is 2. The fraction of sp³-hybridized carbons (Fsp3) is 0.950. The van der Waals surface area contributed by atoms with Gasteiger partial charge in [0.05, 0.1) is 19.8 Å². The van der Waals surface area contributed by atoms with E-state index in [0.29, 0.717) is 6.04 Å². The van der Waals surface area contributed by atoms with Crippen molar-refractivity contribution in [2.24, 2.45) is 10.9 Å². The van der Waals surface area contributed by atoms with Gasteiger partial charge in [0.15, 0.2) is 5.96 Å². The first kappa shape index (κ1) is 21.5. The van der Waals surface area contributed by atoms with Gasteiger partial charge in [0.1, 0.15) is 0 Å². The summed E-state index contributed by atoms with van der Waals surface area (Å²) < 4.78 is 5.46. The molecule has 1 saturated carbocycles. The molecular weight excluding hydrogens is 326 g/mol. The molecule has 152 valence electrons. The third-order valence-corrected chi connectivity index (χ3v) is 6.13. The second-order valence-electron chi connectivity index (χ2n) is 8.39. The predicted octanol–water partition coefficient (Wildman–Crippen LogP) is 1.77. The van der Waals surface area contributed by atoms with Crippen LogP contribution in [-0.2, 0) is 4.74 Å². The van der Waals surface area contributed by atoms with Crippen molar-refractivity contribution in [3.8, 4) is 0 Å². The monoisotopic (exact) mass is 367 g/mol. The molecule has 1 heterocycles. The molecule has 6 nitrogen and oxygen atoms in total. The van der Waals surface area contributed by atoms with Gasteiger partial charge >= 0.3 is 0 Å². The number of hydrogen-bond acceptors (Lipinski definition) is 4. The van der Waals surface area contributed by atoms with Crippen LogP contribution in [0.4, 0.5) is 0 Å². The Hall–Kier alpha value is -0.850. The zero-order valence-electron chi connectivity index (χ0n) is 17.7. The summed E-state index contributed by atoms with van der Waals surface area (Å²) >= 11 is 0. The van der Waals surface area contributed by atoms with Crippen molar-refractivity contribution in [3.05, 3.63) is 0 Å². The quantitative estimate of drug-likeness (QED) is 0.531. The average Bonchev–Trinajstić information content (AvgIpc) is 2.64. The van der Waals surface area contributed by atoms with E-state index in [1.54, 1.807) is 0 Å². The largest absolute Gasteiger partial charge is 0.379 e. The molecule has 2 aliphatic rings. The van der Waals surface area contributed by atoms with Crippen molar-refractivity contribution >= 4 is 5.96 Å². The predicted molar refractivity (Wildman–Crippen MR) is 110 cm³/mol. The van der Waals surface area contributed by atoms with Crippen molar-refractivity contribution < 1.29 is 4.74 Å². The number of ether oxygens (including phenoxy) is 1. The molecule has 2 N–H and O–H groups in total. The number of aliphatic imine (C=N–C) groups is 1. The van der Waals surface area contributed by atoms with Gasteiger partial charge in [-0.3, -0.25) is 9.89 Å². The minimum atomic E-state index is 0.204. The zero-order valence-corrected chi connectivity index (χ0v) is 17.7. The molecule has 0 bridgehead atoms. The Morgan fingerprint density at radius 2 is 2.04 bits per heavy atom. The van der Waals surface area contributed by atoms with Gasteiger partial charge in [0.25, 0.3) is 0 Å². The molecule has 0 aromatic carbocycles. The van der Waals surface area contributed by atoms with Crippen LogP contribution in [0.1, 0.15) is 46.5 Å². The van der Waals surface area contributed by atoms with E-state index in [-0.39, 0.29) is 5.54 Å². The van der Waals surface area contributed by atoms with E-state index in [1.807, 2.05) is 0 Å². The normalized spacial score (nSPS) is 29.6. The van der Waals surface area contributed by atoms with Gasteiger partial charge < -0.3 is 20.3 Å². The van der Waals surface area contributed by atoms with Crippen LogP contribution in [0.5, 0.6) is 0 Å². The van der Waals surface area contributed by atoms with Crippen molar-refractivity contribution in [1.82, 2.24) is 20.4 Å². The molecule has 2 fully saturated rings. The summed E-state index contributed by atoms with van der Waals surface area (Å²) in [6.45, 7) is 13.2. The molecule has 3 unspecified atom stereocenters. The lowest BCUT2D eigenvalue weighted by molar-refractivity contribution is 0.0211. The Kier molecular flexibility index (Phi) is 8.64. The van der Waals surface area contributed by atoms with E-state index in [2.05, 4.69) is 55.3 Å². The molecule has 0 aromatic heterocycles. The van der Waals surface area contributed by atoms with Crippen molar-refractivity contribution in [3.63, 3.8) is 0 Å². The molecule has 0 aromatic rings. The molecule has 1 aliphatic carbocycles. The van der Waals surface area contributed by atoms with Crippen LogP contribution in [0.3, 0.4) is 0 Å². The highest BCUT2D eigenvalue weighted by Gasteiger charge is 2.36. The summed E-state index contributed by atoms with van der Waals surface area (Å²) in [5.41, 5.74) is 0.204. The van der Waals surface area contributed by atoms with Gasteiger partial charge in [-0.05, 0) is 46.7 Å². The highest BCUT2D eigenvalue weighted by atomic mass is 16.5. The smallest absolute Gasteiger partial charge is 0.191 e. The first-order chi connectivity index (χ1) is 12.5. The lowest BCUT2D eigenvalue weighted by Crippen LogP contribution is -2.52. The molecule has 6 heteroatoms. The highest BCUT2D eigenvalue weighted by Crippen LogP contribution is 2.35. The summed E-state index contributed by atoms with van der Waals surface area (Å²) in [7, 11) is 4.43. The Morgan fingerprint density at radius 3 is 2.65 bits per heavy atom. The van der Waals surface area contributed by atoms with Crippen LogP contribution in [0.25, 0.3) is 0 Å². The maximum atomic E-state index is 5.46. The maximum Gasteiger partial charge on any atom is 0.191 e. The Labute approximate surface area is 160 Å². The van der Waals surface area contributed by atoms with Gasteiger partial charge in [-0.15, -0.1) is 0 Å². The topological polar surface area (TPSA) is 52.1 Å². The molecule has 0 spiro atoms. The van der Waals surface area contributed by atoms with E-state index in [0.717, 1.165) is 57.8 Å². The number of nitrogens with zero attached hydrogens (tertiary/aromatic N) is 3. The first-order valence-corrected chi connectivity index (χ1v) is 10.5. The number of hydrogen-bond donors (Lipinski definition) is 2. The number of guanidine groups is 1. The van der Waals surface area contributed by atoms with E-state index < -0.39 is 0 Å². The fourth-order valence-corrected chi connectivity index (χ4v) is 4.28. The fourth-order valence-electron chi connectivity index (χ4n) is 4.28. The van der Waals surface area contributed by atoms with Gasteiger partial charge in [-0.25, -0.2) is 0 Å². The maximum absolute atomic E-state index is 5.46. The van der Waals surface area contributed by atoms with Crippen LogP contribution in [0.2, 0.25) is 0 Å². The first-order valence-electron chi connectivity index (χ1n) is 10.5. The van der Waals surface area contributed by atoms with Gasteiger partial charge in [0, 0.05) is 37.8 Å². The third kappa shape index (κ3) is 6.10. The van der Waals surface area contributed by atoms with E-state index in [4.69, 9.17) is 9.73 Å². The zero-order chi connectivity index (χ0) is 19.0. The van der Waals surface area contributed by atoms with E-state index in [1.165, 1.54) is 25.7 Å². The van der Waals surface area contributed by atoms with E-state index >= 15 is 0 Å². The van der Waals surface area contributed by atoms with Gasteiger partial charge in [-0.2, -0.15) is 0 Å². The Balaban J connectivity index is 1.93. The second kappa shape index (κ2) is 10.5. The van der Waals surface area contributed by atoms with Crippen LogP contribution >= 0.6 is 0 Å². The minimum Gasteiger partial charge on any atom is -0.379 e. The molecule has 2 rings (SSSR count). The lowest BCUT2D eigenvalue weighted by atomic mass is 9.75. The number of rotatable bonds is 7. The summed E-state index contributed by atoms with van der Waals surface area (Å²) in [5, 5.41) is 6.99. The molecule has 26 heavy (non-hydrogen) atoms. The van der Waals surface area contributed by atoms with E-state index in [9.17, 15) is 0 Å². The Bertz CT molecular complexity index is 436. The molecule has 0 radical (unpaired) electrons. The van der Waals surface area contributed by atoms with Crippen LogP contribution < -0.4 is 10.6 Å². The van der Waals surface area contributed by atoms with Crippen molar-refractivity contribution in [2.45, 2.75) is 58.0 Å². The minimum absolute atomic E-state index is 0.204. The van der Waals surface area contributed by atoms with Crippen molar-refractivity contribution in [2.75, 3.05) is 60.0 Å². The van der Waals surface area contributed by atoms with Crippen molar-refractivity contribution in [1.29, 1.82) is 0 Å².